The van der Waals surface area contributed by atoms with Gasteiger partial charge in [0, 0.05) is 0 Å². The van der Waals surface area contributed by atoms with E-state index < -0.39 is 36.3 Å². The van der Waals surface area contributed by atoms with E-state index in [-0.39, 0.29) is 0 Å². The van der Waals surface area contributed by atoms with Crippen LogP contribution in [0.15, 0.2) is 91.0 Å². The summed E-state index contributed by atoms with van der Waals surface area (Å²) in [7, 11) is -21.7. The Hall–Kier alpha value is -2.81. The van der Waals surface area contributed by atoms with Gasteiger partial charge in [-0.2, -0.15) is 0 Å². The molecule has 0 atom stereocenters. The van der Waals surface area contributed by atoms with Crippen LogP contribution in [0.5, 0.6) is 0 Å². The monoisotopic (exact) mass is 683 g/mol. The first kappa shape index (κ1) is 43.3. The molecule has 0 aliphatic rings. The van der Waals surface area contributed by atoms with Gasteiger partial charge in [0.15, 0.2) is 0 Å². The summed E-state index contributed by atoms with van der Waals surface area (Å²) in [6, 6.07) is 33.4. The molecule has 0 saturated heterocycles. The van der Waals surface area contributed by atoms with E-state index in [0.29, 0.717) is 0 Å². The van der Waals surface area contributed by atoms with E-state index in [1.54, 1.807) is 0 Å². The summed E-state index contributed by atoms with van der Waals surface area (Å²) >= 11 is 0. The molecule has 252 valence electrons. The molecule has 0 fully saturated rings. The predicted molar refractivity (Wildman–Crippen MR) is 151 cm³/mol. The van der Waals surface area contributed by atoms with E-state index in [0.717, 1.165) is 6.54 Å². The second-order valence-electron chi connectivity index (χ2n) is 8.54. The van der Waals surface area contributed by atoms with Crippen LogP contribution in [0.4, 0.5) is 69.1 Å². The standard InChI is InChI=1S/C22H26NP.4BF4/c1-23(2)18-19-24(20-12-6-3-7-13-20,21-14-8-4-9-15-21)22-16-10-5-11-17-22;4*2-1(3,4)5/h3-17,24H,18-19H2,1-2H3;;;;/q;4*-1. The van der Waals surface area contributed by atoms with E-state index in [1.807, 2.05) is 0 Å². The van der Waals surface area contributed by atoms with E-state index in [1.165, 1.54) is 22.1 Å². The molecule has 3 rings (SSSR count). The molecule has 0 aliphatic carbocycles. The average Bonchev–Trinajstić information content (AvgIpc) is 2.82. The molecule has 3 aromatic carbocycles. The minimum Gasteiger partial charge on any atom is -0.418 e. The van der Waals surface area contributed by atoms with Gasteiger partial charge in [-0.05, 0) is 0 Å². The third kappa shape index (κ3) is 28.0. The van der Waals surface area contributed by atoms with E-state index in [9.17, 15) is 69.1 Å². The fourth-order valence-electron chi connectivity index (χ4n) is 3.49. The molecule has 0 bridgehead atoms. The molecule has 0 aromatic heterocycles. The van der Waals surface area contributed by atoms with Crippen LogP contribution in [0.1, 0.15) is 0 Å². The molecule has 0 N–H and O–H groups in total. The Morgan fingerprint density at radius 3 is 0.750 bits per heavy atom. The second-order valence-corrected chi connectivity index (χ2v) is 12.6. The number of halogens is 16. The summed E-state index contributed by atoms with van der Waals surface area (Å²) < 4.78 is 156. The maximum atomic E-state index is 9.75. The van der Waals surface area contributed by atoms with Gasteiger partial charge in [0.2, 0.25) is 0 Å². The van der Waals surface area contributed by atoms with Crippen molar-refractivity contribution in [3.05, 3.63) is 91.0 Å². The van der Waals surface area contributed by atoms with Crippen LogP contribution in [0.2, 0.25) is 0 Å². The Kier molecular flexibility index (Phi) is 19.2. The van der Waals surface area contributed by atoms with Crippen molar-refractivity contribution in [2.75, 3.05) is 26.8 Å². The van der Waals surface area contributed by atoms with Crippen molar-refractivity contribution in [2.45, 2.75) is 0 Å². The first-order valence-electron chi connectivity index (χ1n) is 12.0. The smallest absolute Gasteiger partial charge is 0.418 e. The summed E-state index contributed by atoms with van der Waals surface area (Å²) in [5.41, 5.74) is 0. The molecule has 1 nitrogen and oxygen atoms in total. The molecular formula is C22H26B4F16NP-4. The molecule has 22 heteroatoms. The fourth-order valence-corrected chi connectivity index (χ4v) is 8.43. The Labute approximate surface area is 244 Å². The van der Waals surface area contributed by atoms with Gasteiger partial charge in [-0.25, -0.2) is 0 Å². The third-order valence-corrected chi connectivity index (χ3v) is 9.66. The first-order chi connectivity index (χ1) is 19.7. The SMILES string of the molecule is CN(C)CC[PH](c1ccccc1)(c1ccccc1)c1ccccc1.F[B-](F)(F)F.F[B-](F)(F)F.F[B-](F)(F)F.F[B-](F)(F)F. The van der Waals surface area contributed by atoms with Crippen molar-refractivity contribution >= 4 is 52.2 Å². The van der Waals surface area contributed by atoms with E-state index in [2.05, 4.69) is 110 Å². The van der Waals surface area contributed by atoms with E-state index >= 15 is 0 Å². The molecule has 0 aliphatic heterocycles. The van der Waals surface area contributed by atoms with Gasteiger partial charge in [0.1, 0.15) is 0 Å². The van der Waals surface area contributed by atoms with Crippen LogP contribution >= 0.6 is 7.26 Å². The Bertz CT molecular complexity index is 962. The molecular weight excluding hydrogens is 656 g/mol. The van der Waals surface area contributed by atoms with E-state index in [4.69, 9.17) is 0 Å². The Morgan fingerprint density at radius 2 is 0.591 bits per heavy atom. The topological polar surface area (TPSA) is 3.24 Å². The summed E-state index contributed by atoms with van der Waals surface area (Å²) in [4.78, 5) is 2.30. The van der Waals surface area contributed by atoms with Gasteiger partial charge in [0.05, 0.1) is 0 Å². The van der Waals surface area contributed by atoms with Crippen LogP contribution in [-0.2, 0) is 0 Å². The molecule has 0 saturated carbocycles. The number of nitrogens with zero attached hydrogens (tertiary/aromatic N) is 1. The molecule has 0 amide bonds. The van der Waals surface area contributed by atoms with Gasteiger partial charge >= 0.3 is 175 Å². The zero-order valence-corrected chi connectivity index (χ0v) is 23.9. The maximum Gasteiger partial charge on any atom is 0.673 e. The number of benzene rings is 3. The minimum absolute atomic E-state index is 1.09. The number of hydrogen-bond donors (Lipinski definition) is 0. The molecule has 0 unspecified atom stereocenters. The van der Waals surface area contributed by atoms with Crippen molar-refractivity contribution in [3.63, 3.8) is 0 Å². The van der Waals surface area contributed by atoms with Crippen LogP contribution < -0.4 is 15.9 Å². The van der Waals surface area contributed by atoms with Crippen molar-refractivity contribution in [1.29, 1.82) is 0 Å². The second kappa shape index (κ2) is 19.5. The largest absolute Gasteiger partial charge is 0.673 e. The average molecular weight is 683 g/mol. The summed E-state index contributed by atoms with van der Waals surface area (Å²) in [6.07, 6.45) is 1.18. The first-order valence-corrected chi connectivity index (χ1v) is 14.2. The van der Waals surface area contributed by atoms with Crippen molar-refractivity contribution in [2.24, 2.45) is 0 Å². The van der Waals surface area contributed by atoms with Gasteiger partial charge in [-0.15, -0.1) is 0 Å². The quantitative estimate of drug-likeness (QED) is 0.143. The zero-order valence-electron chi connectivity index (χ0n) is 22.9. The molecule has 0 radical (unpaired) electrons. The molecule has 3 aromatic rings. The van der Waals surface area contributed by atoms with Gasteiger partial charge in [-0.1, -0.05) is 0 Å². The Balaban J connectivity index is 0. The van der Waals surface area contributed by atoms with Gasteiger partial charge in [-0.3, -0.25) is 0 Å². The number of rotatable bonds is 6. The van der Waals surface area contributed by atoms with Crippen molar-refractivity contribution in [3.8, 4) is 0 Å². The summed E-state index contributed by atoms with van der Waals surface area (Å²) in [5.74, 6) is 0. The fraction of sp³-hybridized carbons (Fsp3) is 0.182. The van der Waals surface area contributed by atoms with Crippen LogP contribution in [0.25, 0.3) is 0 Å². The number of hydrogen-bond acceptors (Lipinski definition) is 1. The summed E-state index contributed by atoms with van der Waals surface area (Å²) in [5, 5.41) is 4.47. The zero-order chi connectivity index (χ0) is 34.8. The van der Waals surface area contributed by atoms with Crippen LogP contribution in [0.3, 0.4) is 0 Å². The normalized spacial score (nSPS) is 12.2. The van der Waals surface area contributed by atoms with Crippen LogP contribution in [-0.4, -0.2) is 60.7 Å². The van der Waals surface area contributed by atoms with Gasteiger partial charge < -0.3 is 69.1 Å². The predicted octanol–water partition coefficient (Wildman–Crippen LogP) is 8.47. The van der Waals surface area contributed by atoms with Crippen molar-refractivity contribution < 1.29 is 69.1 Å². The van der Waals surface area contributed by atoms with Crippen LogP contribution in [0, 0.1) is 0 Å². The van der Waals surface area contributed by atoms with Crippen molar-refractivity contribution in [1.82, 2.24) is 4.90 Å². The molecule has 44 heavy (non-hydrogen) atoms. The molecule has 0 heterocycles. The minimum atomic E-state index is -6.00. The maximum absolute atomic E-state index is 9.75. The van der Waals surface area contributed by atoms with Gasteiger partial charge in [0.25, 0.3) is 0 Å². The molecule has 0 spiro atoms. The Morgan fingerprint density at radius 1 is 0.409 bits per heavy atom. The summed E-state index contributed by atoms with van der Waals surface area (Å²) in [6.45, 7) is 1.09. The third-order valence-electron chi connectivity index (χ3n) is 4.73.